The van der Waals surface area contributed by atoms with Gasteiger partial charge in [-0.1, -0.05) is 91.0 Å². The van der Waals surface area contributed by atoms with Crippen molar-refractivity contribution in [3.8, 4) is 0 Å². The Morgan fingerprint density at radius 3 is 1.78 bits per heavy atom. The summed E-state index contributed by atoms with van der Waals surface area (Å²) in [6, 6.07) is 25.3. The highest BCUT2D eigenvalue weighted by molar-refractivity contribution is 6.00. The Kier molecular flexibility index (Phi) is 5.57. The molecule has 4 rings (SSSR count). The lowest BCUT2D eigenvalue weighted by Gasteiger charge is -2.35. The number of cyclic esters (lactones) is 1. The van der Waals surface area contributed by atoms with Gasteiger partial charge in [-0.3, -0.25) is 4.79 Å². The minimum atomic E-state index is -4.70. The minimum absolute atomic E-state index is 0.185. The Labute approximate surface area is 182 Å². The highest BCUT2D eigenvalue weighted by atomic mass is 19.4. The molecule has 3 aromatic carbocycles. The predicted octanol–water partition coefficient (Wildman–Crippen LogP) is 5.77. The van der Waals surface area contributed by atoms with Gasteiger partial charge in [-0.05, 0) is 5.56 Å². The van der Waals surface area contributed by atoms with Crippen LogP contribution in [-0.2, 0) is 15.1 Å². The molecule has 1 saturated heterocycles. The smallest absolute Gasteiger partial charge is 0.418 e. The van der Waals surface area contributed by atoms with Gasteiger partial charge in [-0.25, -0.2) is 9.69 Å². The molecule has 1 fully saturated rings. The number of amides is 2. The molecule has 1 unspecified atom stereocenters. The average Bonchev–Trinajstić information content (AvgIpc) is 3.13. The van der Waals surface area contributed by atoms with E-state index in [2.05, 4.69) is 0 Å². The highest BCUT2D eigenvalue weighted by Crippen LogP contribution is 2.52. The summed E-state index contributed by atoms with van der Waals surface area (Å²) < 4.78 is 44.1. The number of hydrogen-bond donors (Lipinski definition) is 0. The molecule has 1 heterocycles. The van der Waals surface area contributed by atoms with Gasteiger partial charge in [-0.15, -0.1) is 0 Å². The van der Waals surface area contributed by atoms with E-state index < -0.39 is 29.8 Å². The second-order valence-corrected chi connectivity index (χ2v) is 7.23. The van der Waals surface area contributed by atoms with Gasteiger partial charge in [0.25, 0.3) is 5.91 Å². The molecule has 2 amide bonds. The molecule has 0 N–H and O–H groups in total. The van der Waals surface area contributed by atoms with Crippen molar-refractivity contribution in [2.24, 2.45) is 0 Å². The second-order valence-electron chi connectivity index (χ2n) is 7.23. The van der Waals surface area contributed by atoms with Crippen LogP contribution in [-0.4, -0.2) is 23.1 Å². The summed E-state index contributed by atoms with van der Waals surface area (Å²) in [5.41, 5.74) is 0.259. The molecule has 1 aliphatic rings. The molecule has 4 nitrogen and oxygen atoms in total. The normalized spacial score (nSPS) is 18.0. The zero-order valence-electron chi connectivity index (χ0n) is 16.7. The van der Waals surface area contributed by atoms with Crippen LogP contribution in [0.15, 0.2) is 103 Å². The third-order valence-electron chi connectivity index (χ3n) is 5.26. The third-order valence-corrected chi connectivity index (χ3v) is 5.26. The predicted molar refractivity (Wildman–Crippen MR) is 111 cm³/mol. The van der Waals surface area contributed by atoms with E-state index in [0.29, 0.717) is 22.8 Å². The number of imide groups is 1. The van der Waals surface area contributed by atoms with Crippen molar-refractivity contribution in [1.82, 2.24) is 4.90 Å². The van der Waals surface area contributed by atoms with Crippen LogP contribution in [0.2, 0.25) is 0 Å². The first-order chi connectivity index (χ1) is 15.3. The van der Waals surface area contributed by atoms with E-state index in [-0.39, 0.29) is 6.08 Å². The molecule has 1 atom stereocenters. The summed E-state index contributed by atoms with van der Waals surface area (Å²) in [5.74, 6) is -1.12. The molecule has 0 aromatic heterocycles. The SMILES string of the molecule is O=C(/C=C/C(F)(F)F)N1C(=O)OC(c2ccccc2)(c2ccccc2)C1c1ccccc1. The number of hydrogen-bond acceptors (Lipinski definition) is 3. The van der Waals surface area contributed by atoms with E-state index in [1.165, 1.54) is 0 Å². The number of benzene rings is 3. The van der Waals surface area contributed by atoms with Crippen molar-refractivity contribution in [3.63, 3.8) is 0 Å². The molecule has 0 saturated carbocycles. The zero-order valence-corrected chi connectivity index (χ0v) is 16.7. The molecular formula is C25H18F3NO3. The monoisotopic (exact) mass is 437 g/mol. The van der Waals surface area contributed by atoms with Gasteiger partial charge in [0.1, 0.15) is 6.04 Å². The van der Waals surface area contributed by atoms with Gasteiger partial charge in [0, 0.05) is 23.3 Å². The number of ether oxygens (including phenoxy) is 1. The number of rotatable bonds is 4. The Balaban J connectivity index is 1.96. The number of carbonyl (C=O) groups excluding carboxylic acids is 2. The number of carbonyl (C=O) groups is 2. The van der Waals surface area contributed by atoms with Gasteiger partial charge in [0.15, 0.2) is 5.60 Å². The first-order valence-corrected chi connectivity index (χ1v) is 9.81. The van der Waals surface area contributed by atoms with Crippen LogP contribution in [0.5, 0.6) is 0 Å². The summed E-state index contributed by atoms with van der Waals surface area (Å²) >= 11 is 0. The van der Waals surface area contributed by atoms with Crippen molar-refractivity contribution < 1.29 is 27.5 Å². The lowest BCUT2D eigenvalue weighted by Crippen LogP contribution is -2.39. The van der Waals surface area contributed by atoms with Crippen LogP contribution in [0, 0.1) is 0 Å². The van der Waals surface area contributed by atoms with E-state index in [1.54, 1.807) is 91.0 Å². The Morgan fingerprint density at radius 2 is 1.31 bits per heavy atom. The van der Waals surface area contributed by atoms with Crippen LogP contribution < -0.4 is 0 Å². The lowest BCUT2D eigenvalue weighted by molar-refractivity contribution is -0.125. The van der Waals surface area contributed by atoms with Crippen molar-refractivity contribution >= 4 is 12.0 Å². The first kappa shape index (κ1) is 21.4. The number of halogens is 3. The van der Waals surface area contributed by atoms with Crippen molar-refractivity contribution in [1.29, 1.82) is 0 Å². The van der Waals surface area contributed by atoms with Gasteiger partial charge in [-0.2, -0.15) is 13.2 Å². The molecule has 0 radical (unpaired) electrons. The Bertz CT molecular complexity index is 1090. The molecule has 3 aromatic rings. The molecule has 0 spiro atoms. The molecule has 1 aliphatic heterocycles. The Hall–Kier alpha value is -3.87. The molecule has 32 heavy (non-hydrogen) atoms. The minimum Gasteiger partial charge on any atom is -0.430 e. The van der Waals surface area contributed by atoms with E-state index >= 15 is 0 Å². The van der Waals surface area contributed by atoms with Crippen LogP contribution >= 0.6 is 0 Å². The molecule has 0 bridgehead atoms. The summed E-state index contributed by atoms with van der Waals surface area (Å²) in [7, 11) is 0. The van der Waals surface area contributed by atoms with E-state index in [9.17, 15) is 22.8 Å². The third kappa shape index (κ3) is 3.89. The number of alkyl halides is 3. The lowest BCUT2D eigenvalue weighted by atomic mass is 9.77. The van der Waals surface area contributed by atoms with E-state index in [1.807, 2.05) is 0 Å². The summed E-state index contributed by atoms with van der Waals surface area (Å²) in [6.45, 7) is 0. The summed E-state index contributed by atoms with van der Waals surface area (Å²) in [5, 5.41) is 0. The average molecular weight is 437 g/mol. The van der Waals surface area contributed by atoms with Crippen LogP contribution in [0.25, 0.3) is 0 Å². The molecule has 162 valence electrons. The fourth-order valence-electron chi connectivity index (χ4n) is 3.98. The largest absolute Gasteiger partial charge is 0.430 e. The molecule has 7 heteroatoms. The van der Waals surface area contributed by atoms with Crippen molar-refractivity contribution in [2.45, 2.75) is 17.8 Å². The zero-order chi connectivity index (χ0) is 22.8. The van der Waals surface area contributed by atoms with Crippen molar-refractivity contribution in [3.05, 3.63) is 120 Å². The quantitative estimate of drug-likeness (QED) is 0.487. The Morgan fingerprint density at radius 1 is 0.844 bits per heavy atom. The number of allylic oxidation sites excluding steroid dienone is 1. The maximum atomic E-state index is 13.1. The second kappa shape index (κ2) is 8.34. The van der Waals surface area contributed by atoms with Crippen molar-refractivity contribution in [2.75, 3.05) is 0 Å². The fourth-order valence-corrected chi connectivity index (χ4v) is 3.98. The van der Waals surface area contributed by atoms with Gasteiger partial charge >= 0.3 is 12.3 Å². The first-order valence-electron chi connectivity index (χ1n) is 9.81. The summed E-state index contributed by atoms with van der Waals surface area (Å²) in [4.78, 5) is 26.7. The van der Waals surface area contributed by atoms with Gasteiger partial charge < -0.3 is 4.74 Å². The highest BCUT2D eigenvalue weighted by Gasteiger charge is 2.58. The maximum absolute atomic E-state index is 13.1. The van der Waals surface area contributed by atoms with Gasteiger partial charge in [0.05, 0.1) is 0 Å². The maximum Gasteiger partial charge on any atom is 0.418 e. The topological polar surface area (TPSA) is 46.6 Å². The standard InChI is InChI=1S/C25H18F3NO3/c26-24(27,28)17-16-21(30)29-22(18-10-4-1-5-11-18)25(32-23(29)31,19-12-6-2-7-13-19)20-14-8-3-9-15-20/h1-17,22H/b17-16+. The van der Waals surface area contributed by atoms with E-state index in [4.69, 9.17) is 4.74 Å². The fraction of sp³-hybridized carbons (Fsp3) is 0.120. The molecule has 0 aliphatic carbocycles. The molecular weight excluding hydrogens is 419 g/mol. The van der Waals surface area contributed by atoms with Crippen LogP contribution in [0.1, 0.15) is 22.7 Å². The van der Waals surface area contributed by atoms with Crippen LogP contribution in [0.3, 0.4) is 0 Å². The van der Waals surface area contributed by atoms with E-state index in [0.717, 1.165) is 4.90 Å². The summed E-state index contributed by atoms with van der Waals surface area (Å²) in [6.07, 6.45) is -5.56. The van der Waals surface area contributed by atoms with Gasteiger partial charge in [0.2, 0.25) is 0 Å². The van der Waals surface area contributed by atoms with Crippen LogP contribution in [0.4, 0.5) is 18.0 Å². The number of nitrogens with zero attached hydrogens (tertiary/aromatic N) is 1.